The highest BCUT2D eigenvalue weighted by Gasteiger charge is 2.28. The second-order valence-corrected chi connectivity index (χ2v) is 5.84. The fourth-order valence-corrected chi connectivity index (χ4v) is 2.87. The van der Waals surface area contributed by atoms with E-state index in [9.17, 15) is 9.59 Å². The number of benzene rings is 1. The molecule has 21 heavy (non-hydrogen) atoms. The monoisotopic (exact) mass is 287 g/mol. The van der Waals surface area contributed by atoms with Crippen molar-refractivity contribution < 1.29 is 9.59 Å². The van der Waals surface area contributed by atoms with Gasteiger partial charge in [-0.25, -0.2) is 4.79 Å². The number of hydrogen-bond acceptors (Lipinski definition) is 3. The van der Waals surface area contributed by atoms with E-state index in [1.165, 1.54) is 5.56 Å². The Kier molecular flexibility index (Phi) is 4.20. The van der Waals surface area contributed by atoms with E-state index in [1.54, 1.807) is 0 Å². The molecule has 1 saturated heterocycles. The summed E-state index contributed by atoms with van der Waals surface area (Å²) < 4.78 is 0. The maximum atomic E-state index is 12.0. The number of likely N-dealkylation sites (tertiary alicyclic amines) is 1. The summed E-state index contributed by atoms with van der Waals surface area (Å²) in [5, 5.41) is 5.18. The van der Waals surface area contributed by atoms with E-state index in [-0.39, 0.29) is 30.6 Å². The molecule has 112 valence electrons. The van der Waals surface area contributed by atoms with E-state index in [0.717, 1.165) is 32.2 Å². The van der Waals surface area contributed by atoms with Crippen molar-refractivity contribution in [2.75, 3.05) is 13.1 Å². The molecule has 0 aromatic heterocycles. The maximum Gasteiger partial charge on any atom is 0.321 e. The van der Waals surface area contributed by atoms with Crippen LogP contribution >= 0.6 is 0 Å². The van der Waals surface area contributed by atoms with Crippen molar-refractivity contribution in [3.05, 3.63) is 35.9 Å². The molecule has 1 aliphatic heterocycles. The van der Waals surface area contributed by atoms with Gasteiger partial charge in [-0.05, 0) is 37.8 Å². The van der Waals surface area contributed by atoms with Crippen LogP contribution in [0.2, 0.25) is 0 Å². The van der Waals surface area contributed by atoms with Gasteiger partial charge in [0.2, 0.25) is 5.91 Å². The zero-order valence-corrected chi connectivity index (χ0v) is 12.0. The van der Waals surface area contributed by atoms with Crippen LogP contribution in [0.3, 0.4) is 0 Å². The van der Waals surface area contributed by atoms with E-state index in [2.05, 4.69) is 27.7 Å². The van der Waals surface area contributed by atoms with E-state index in [1.807, 2.05) is 18.2 Å². The molecule has 2 N–H and O–H groups in total. The third-order valence-electron chi connectivity index (χ3n) is 4.06. The molecule has 3 amide bonds. The van der Waals surface area contributed by atoms with Gasteiger partial charge in [0.25, 0.3) is 0 Å². The van der Waals surface area contributed by atoms with Gasteiger partial charge in [-0.3, -0.25) is 15.0 Å². The molecule has 1 aromatic carbocycles. The Balaban J connectivity index is 1.53. The number of nitrogens with one attached hydrogen (secondary N) is 2. The van der Waals surface area contributed by atoms with Gasteiger partial charge in [-0.15, -0.1) is 0 Å². The van der Waals surface area contributed by atoms with Crippen molar-refractivity contribution in [1.29, 1.82) is 0 Å². The van der Waals surface area contributed by atoms with Crippen molar-refractivity contribution in [2.45, 2.75) is 37.8 Å². The molecule has 0 radical (unpaired) electrons. The Hall–Kier alpha value is -1.88. The number of hydrogen-bond donors (Lipinski definition) is 2. The Morgan fingerprint density at radius 3 is 2.62 bits per heavy atom. The highest BCUT2D eigenvalue weighted by atomic mass is 16.2. The third kappa shape index (κ3) is 3.82. The molecule has 1 heterocycles. The summed E-state index contributed by atoms with van der Waals surface area (Å²) in [4.78, 5) is 25.7. The number of amides is 3. The summed E-state index contributed by atoms with van der Waals surface area (Å²) in [5.74, 6) is -0.226. The first kappa shape index (κ1) is 14.1. The first-order valence-corrected chi connectivity index (χ1v) is 7.62. The molecule has 1 aliphatic carbocycles. The molecule has 0 unspecified atom stereocenters. The van der Waals surface area contributed by atoms with Crippen LogP contribution in [0.1, 0.15) is 37.3 Å². The van der Waals surface area contributed by atoms with Crippen LogP contribution in [-0.4, -0.2) is 36.0 Å². The van der Waals surface area contributed by atoms with Crippen LogP contribution < -0.4 is 10.6 Å². The summed E-state index contributed by atoms with van der Waals surface area (Å²) in [6.45, 7) is 1.18. The van der Waals surface area contributed by atoms with Crippen molar-refractivity contribution in [3.63, 3.8) is 0 Å². The minimum absolute atomic E-state index is 0.226. The van der Waals surface area contributed by atoms with Crippen molar-refractivity contribution in [3.8, 4) is 0 Å². The van der Waals surface area contributed by atoms with Crippen LogP contribution in [0.5, 0.6) is 0 Å². The van der Waals surface area contributed by atoms with Gasteiger partial charge in [-0.1, -0.05) is 30.3 Å². The zero-order chi connectivity index (χ0) is 14.7. The van der Waals surface area contributed by atoms with Crippen LogP contribution in [-0.2, 0) is 4.79 Å². The second kappa shape index (κ2) is 6.26. The quantitative estimate of drug-likeness (QED) is 0.888. The normalized spacial score (nSPS) is 22.0. The molecule has 1 aromatic rings. The first-order valence-electron chi connectivity index (χ1n) is 7.62. The van der Waals surface area contributed by atoms with Crippen LogP contribution in [0.15, 0.2) is 30.3 Å². The summed E-state index contributed by atoms with van der Waals surface area (Å²) >= 11 is 0. The third-order valence-corrected chi connectivity index (χ3v) is 4.06. The van der Waals surface area contributed by atoms with Gasteiger partial charge < -0.3 is 5.32 Å². The molecule has 0 bridgehead atoms. The number of carbonyl (C=O) groups is 2. The van der Waals surface area contributed by atoms with E-state index in [0.29, 0.717) is 0 Å². The number of urea groups is 1. The van der Waals surface area contributed by atoms with Gasteiger partial charge >= 0.3 is 6.03 Å². The minimum Gasteiger partial charge on any atom is -0.335 e. The molecular weight excluding hydrogens is 266 g/mol. The smallest absolute Gasteiger partial charge is 0.321 e. The van der Waals surface area contributed by atoms with E-state index in [4.69, 9.17) is 0 Å². The number of carbonyl (C=O) groups excluding carboxylic acids is 2. The Labute approximate surface area is 124 Å². The minimum atomic E-state index is -0.363. The molecule has 2 fully saturated rings. The molecule has 1 saturated carbocycles. The van der Waals surface area contributed by atoms with Gasteiger partial charge in [-0.2, -0.15) is 0 Å². The number of nitrogens with zero attached hydrogens (tertiary/aromatic N) is 1. The maximum absolute atomic E-state index is 12.0. The standard InChI is InChI=1S/C16H21N3O2/c20-15(18-16(21)17-13-8-9-13)11-19-10-4-7-14(19)12-5-2-1-3-6-12/h1-3,5-6,13-14H,4,7-11H2,(H2,17,18,20,21)/t14-/m0/s1. The Morgan fingerprint density at radius 2 is 1.90 bits per heavy atom. The molecule has 5 heteroatoms. The summed E-state index contributed by atoms with van der Waals surface area (Å²) in [5.41, 5.74) is 1.24. The summed E-state index contributed by atoms with van der Waals surface area (Å²) in [6, 6.07) is 10.4. The summed E-state index contributed by atoms with van der Waals surface area (Å²) in [7, 11) is 0. The summed E-state index contributed by atoms with van der Waals surface area (Å²) in [6.07, 6.45) is 4.18. The van der Waals surface area contributed by atoms with Gasteiger partial charge in [0, 0.05) is 12.1 Å². The van der Waals surface area contributed by atoms with Crippen molar-refractivity contribution in [1.82, 2.24) is 15.5 Å². The number of rotatable bonds is 4. The molecular formula is C16H21N3O2. The Morgan fingerprint density at radius 1 is 1.14 bits per heavy atom. The fraction of sp³-hybridized carbons (Fsp3) is 0.500. The predicted molar refractivity (Wildman–Crippen MR) is 79.7 cm³/mol. The van der Waals surface area contributed by atoms with Crippen LogP contribution in [0.4, 0.5) is 4.79 Å². The van der Waals surface area contributed by atoms with E-state index >= 15 is 0 Å². The van der Waals surface area contributed by atoms with Crippen LogP contribution in [0, 0.1) is 0 Å². The average molecular weight is 287 g/mol. The highest BCUT2D eigenvalue weighted by Crippen LogP contribution is 2.31. The SMILES string of the molecule is O=C(CN1CCC[C@H]1c1ccccc1)NC(=O)NC1CC1. The zero-order valence-electron chi connectivity index (χ0n) is 12.0. The van der Waals surface area contributed by atoms with Gasteiger partial charge in [0.05, 0.1) is 6.54 Å². The second-order valence-electron chi connectivity index (χ2n) is 5.84. The van der Waals surface area contributed by atoms with E-state index < -0.39 is 0 Å². The first-order chi connectivity index (χ1) is 10.2. The van der Waals surface area contributed by atoms with Gasteiger partial charge in [0.15, 0.2) is 0 Å². The van der Waals surface area contributed by atoms with Crippen LogP contribution in [0.25, 0.3) is 0 Å². The highest BCUT2D eigenvalue weighted by molar-refractivity contribution is 5.95. The molecule has 2 aliphatic rings. The lowest BCUT2D eigenvalue weighted by Crippen LogP contribution is -2.45. The fourth-order valence-electron chi connectivity index (χ4n) is 2.87. The molecule has 0 spiro atoms. The predicted octanol–water partition coefficient (Wildman–Crippen LogP) is 1.81. The molecule has 3 rings (SSSR count). The van der Waals surface area contributed by atoms with Gasteiger partial charge in [0.1, 0.15) is 0 Å². The lowest BCUT2D eigenvalue weighted by molar-refractivity contribution is -0.121. The largest absolute Gasteiger partial charge is 0.335 e. The van der Waals surface area contributed by atoms with Crippen molar-refractivity contribution in [2.24, 2.45) is 0 Å². The molecule has 1 atom stereocenters. The lowest BCUT2D eigenvalue weighted by Gasteiger charge is -2.24. The van der Waals surface area contributed by atoms with Crippen molar-refractivity contribution >= 4 is 11.9 Å². The molecule has 5 nitrogen and oxygen atoms in total. The lowest BCUT2D eigenvalue weighted by atomic mass is 10.0. The number of imide groups is 1. The average Bonchev–Trinajstić information content (AvgIpc) is 3.15. The topological polar surface area (TPSA) is 61.4 Å². The Bertz CT molecular complexity index is 514.